The second-order valence-corrected chi connectivity index (χ2v) is 7.24. The summed E-state index contributed by atoms with van der Waals surface area (Å²) in [4.78, 5) is 2.90. The van der Waals surface area contributed by atoms with Crippen molar-refractivity contribution in [3.05, 3.63) is 36.2 Å². The van der Waals surface area contributed by atoms with Gasteiger partial charge in [0.05, 0.1) is 12.2 Å². The lowest BCUT2D eigenvalue weighted by molar-refractivity contribution is -0.0435. The number of hydrogen-bond acceptors (Lipinski definition) is 5. The summed E-state index contributed by atoms with van der Waals surface area (Å²) < 4.78 is 76.6. The van der Waals surface area contributed by atoms with Crippen LogP contribution in [0.3, 0.4) is 0 Å². The molecule has 1 atom stereocenters. The quantitative estimate of drug-likeness (QED) is 0.845. The molecule has 0 aliphatic carbocycles. The topological polar surface area (TPSA) is 76.9 Å². The molecule has 1 aromatic heterocycles. The van der Waals surface area contributed by atoms with Gasteiger partial charge in [-0.15, -0.1) is 0 Å². The summed E-state index contributed by atoms with van der Waals surface area (Å²) in [5, 5.41) is 6.73. The minimum atomic E-state index is -5.67. The second kappa shape index (κ2) is 5.72. The Bertz CT molecular complexity index is 863. The molecule has 1 aliphatic heterocycles. The number of aromatic nitrogens is 3. The van der Waals surface area contributed by atoms with E-state index >= 15 is 0 Å². The average molecular weight is 364 g/mol. The molecule has 1 aromatic carbocycles. The molecule has 11 heteroatoms. The van der Waals surface area contributed by atoms with E-state index in [0.717, 1.165) is 18.0 Å². The number of rotatable bonds is 3. The van der Waals surface area contributed by atoms with Crippen LogP contribution in [0.2, 0.25) is 0 Å². The summed E-state index contributed by atoms with van der Waals surface area (Å²) in [6, 6.07) is 1.91. The number of sulfone groups is 1. The average Bonchev–Trinajstić information content (AvgIpc) is 2.95. The Balaban J connectivity index is 1.92. The fourth-order valence-electron chi connectivity index (χ4n) is 2.54. The lowest BCUT2D eigenvalue weighted by atomic mass is 10.1. The van der Waals surface area contributed by atoms with E-state index < -0.39 is 26.1 Å². The van der Waals surface area contributed by atoms with Crippen molar-refractivity contribution >= 4 is 15.5 Å². The van der Waals surface area contributed by atoms with Crippen LogP contribution in [0.5, 0.6) is 0 Å². The van der Waals surface area contributed by atoms with Crippen molar-refractivity contribution in [2.75, 3.05) is 5.32 Å². The van der Waals surface area contributed by atoms with E-state index in [4.69, 9.17) is 0 Å². The Morgan fingerprint density at radius 1 is 1.29 bits per heavy atom. The SMILES string of the molecule is O=S(=O)(c1cc(F)ccc1NC1CCc2ncnn2C1)C(F)(F)F. The van der Waals surface area contributed by atoms with Gasteiger partial charge in [0.25, 0.3) is 9.84 Å². The maximum Gasteiger partial charge on any atom is 0.501 e. The molecule has 3 rings (SSSR count). The van der Waals surface area contributed by atoms with Crippen molar-refractivity contribution in [2.24, 2.45) is 0 Å². The van der Waals surface area contributed by atoms with E-state index in [-0.39, 0.29) is 11.7 Å². The lowest BCUT2D eigenvalue weighted by Gasteiger charge is -2.25. The molecule has 0 amide bonds. The maximum atomic E-state index is 13.3. The van der Waals surface area contributed by atoms with Crippen molar-refractivity contribution in [3.8, 4) is 0 Å². The van der Waals surface area contributed by atoms with Crippen molar-refractivity contribution in [1.29, 1.82) is 0 Å². The molecular weight excluding hydrogens is 352 g/mol. The normalized spacial score (nSPS) is 18.2. The number of nitrogens with zero attached hydrogens (tertiary/aromatic N) is 3. The van der Waals surface area contributed by atoms with Crippen LogP contribution < -0.4 is 5.32 Å². The van der Waals surface area contributed by atoms with Crippen molar-refractivity contribution < 1.29 is 26.0 Å². The van der Waals surface area contributed by atoms with E-state index in [0.29, 0.717) is 25.5 Å². The van der Waals surface area contributed by atoms with Gasteiger partial charge in [-0.05, 0) is 24.6 Å². The molecule has 0 bridgehead atoms. The Morgan fingerprint density at radius 2 is 2.04 bits per heavy atom. The molecule has 0 spiro atoms. The van der Waals surface area contributed by atoms with E-state index in [9.17, 15) is 26.0 Å². The first-order chi connectivity index (χ1) is 11.2. The Labute approximate surface area is 134 Å². The minimum absolute atomic E-state index is 0.290. The van der Waals surface area contributed by atoms with Crippen LogP contribution in [0.1, 0.15) is 12.2 Å². The van der Waals surface area contributed by atoms with Crippen molar-refractivity contribution in [1.82, 2.24) is 14.8 Å². The van der Waals surface area contributed by atoms with Crippen LogP contribution >= 0.6 is 0 Å². The van der Waals surface area contributed by atoms with Crippen molar-refractivity contribution in [2.45, 2.75) is 35.8 Å². The maximum absolute atomic E-state index is 13.3. The standard InChI is InChI=1S/C13H12F4N4O2S/c14-8-1-3-10(11(5-8)24(22,23)13(15,16)17)20-9-2-4-12-18-7-19-21(12)6-9/h1,3,5,7,9,20H,2,4,6H2. The van der Waals surface area contributed by atoms with Gasteiger partial charge in [0.2, 0.25) is 0 Å². The molecule has 1 aliphatic rings. The van der Waals surface area contributed by atoms with E-state index in [1.165, 1.54) is 6.33 Å². The van der Waals surface area contributed by atoms with Gasteiger partial charge in [0, 0.05) is 12.5 Å². The van der Waals surface area contributed by atoms with Crippen LogP contribution in [0.25, 0.3) is 0 Å². The molecular formula is C13H12F4N4O2S. The first-order valence-corrected chi connectivity index (χ1v) is 8.41. The van der Waals surface area contributed by atoms with Gasteiger partial charge < -0.3 is 5.32 Å². The Morgan fingerprint density at radius 3 is 2.75 bits per heavy atom. The Hall–Kier alpha value is -2.17. The second-order valence-electron chi connectivity index (χ2n) is 5.33. The summed E-state index contributed by atoms with van der Waals surface area (Å²) in [6.45, 7) is 0.318. The third-order valence-corrected chi connectivity index (χ3v) is 5.23. The third-order valence-electron chi connectivity index (χ3n) is 3.70. The number of halogens is 4. The number of benzene rings is 1. The fourth-order valence-corrected chi connectivity index (χ4v) is 3.47. The number of alkyl halides is 3. The fraction of sp³-hybridized carbons (Fsp3) is 0.385. The summed E-state index contributed by atoms with van der Waals surface area (Å²) in [5.41, 5.74) is -5.80. The number of nitrogens with one attached hydrogen (secondary N) is 1. The highest BCUT2D eigenvalue weighted by molar-refractivity contribution is 7.92. The predicted molar refractivity (Wildman–Crippen MR) is 75.4 cm³/mol. The number of aryl methyl sites for hydroxylation is 1. The predicted octanol–water partition coefficient (Wildman–Crippen LogP) is 2.14. The highest BCUT2D eigenvalue weighted by atomic mass is 32.2. The zero-order valence-corrected chi connectivity index (χ0v) is 12.9. The first-order valence-electron chi connectivity index (χ1n) is 6.92. The van der Waals surface area contributed by atoms with E-state index in [1.807, 2.05) is 0 Å². The summed E-state index contributed by atoms with van der Waals surface area (Å²) in [7, 11) is -5.67. The van der Waals surface area contributed by atoms with Crippen LogP contribution in [-0.4, -0.2) is 34.7 Å². The zero-order chi connectivity index (χ0) is 17.5. The van der Waals surface area contributed by atoms with Gasteiger partial charge in [-0.1, -0.05) is 0 Å². The lowest BCUT2D eigenvalue weighted by Crippen LogP contribution is -2.33. The first kappa shape index (κ1) is 16.7. The van der Waals surface area contributed by atoms with Gasteiger partial charge in [0.15, 0.2) is 0 Å². The van der Waals surface area contributed by atoms with Crippen LogP contribution in [0, 0.1) is 5.82 Å². The van der Waals surface area contributed by atoms with Gasteiger partial charge in [-0.3, -0.25) is 0 Å². The monoisotopic (exact) mass is 364 g/mol. The number of fused-ring (bicyclic) bond motifs is 1. The molecule has 130 valence electrons. The Kier molecular flexibility index (Phi) is 3.98. The van der Waals surface area contributed by atoms with Gasteiger partial charge in [-0.25, -0.2) is 22.5 Å². The highest BCUT2D eigenvalue weighted by Gasteiger charge is 2.48. The van der Waals surface area contributed by atoms with Crippen LogP contribution in [0.15, 0.2) is 29.4 Å². The molecule has 1 N–H and O–H groups in total. The number of hydrogen-bond donors (Lipinski definition) is 1. The molecule has 0 saturated carbocycles. The summed E-state index contributed by atoms with van der Waals surface area (Å²) in [6.07, 6.45) is 2.44. The largest absolute Gasteiger partial charge is 0.501 e. The molecule has 24 heavy (non-hydrogen) atoms. The van der Waals surface area contributed by atoms with Gasteiger partial charge in [0.1, 0.15) is 22.9 Å². The number of anilines is 1. The van der Waals surface area contributed by atoms with E-state index in [1.54, 1.807) is 4.68 Å². The smallest absolute Gasteiger partial charge is 0.379 e. The van der Waals surface area contributed by atoms with Crippen LogP contribution in [-0.2, 0) is 22.8 Å². The summed E-state index contributed by atoms with van der Waals surface area (Å²) >= 11 is 0. The van der Waals surface area contributed by atoms with Crippen LogP contribution in [0.4, 0.5) is 23.2 Å². The van der Waals surface area contributed by atoms with E-state index in [2.05, 4.69) is 15.4 Å². The molecule has 2 heterocycles. The summed E-state index contributed by atoms with van der Waals surface area (Å²) in [5.74, 6) is -0.319. The molecule has 0 radical (unpaired) electrons. The molecule has 1 unspecified atom stereocenters. The molecule has 2 aromatic rings. The molecule has 0 fully saturated rings. The molecule has 6 nitrogen and oxygen atoms in total. The molecule has 0 saturated heterocycles. The zero-order valence-electron chi connectivity index (χ0n) is 12.1. The van der Waals surface area contributed by atoms with Gasteiger partial charge in [-0.2, -0.15) is 18.3 Å². The van der Waals surface area contributed by atoms with Crippen molar-refractivity contribution in [3.63, 3.8) is 0 Å². The highest BCUT2D eigenvalue weighted by Crippen LogP contribution is 2.35. The minimum Gasteiger partial charge on any atom is -0.379 e. The third kappa shape index (κ3) is 2.95. The van der Waals surface area contributed by atoms with Gasteiger partial charge >= 0.3 is 5.51 Å².